The number of hydrogen-bond acceptors (Lipinski definition) is 9. The Morgan fingerprint density at radius 1 is 1.07 bits per heavy atom. The third-order valence-electron chi connectivity index (χ3n) is 9.27. The number of rotatable bonds is 10. The van der Waals surface area contributed by atoms with Crippen molar-refractivity contribution in [2.24, 2.45) is 17.8 Å². The van der Waals surface area contributed by atoms with Gasteiger partial charge in [0.1, 0.15) is 5.52 Å². The monoisotopic (exact) mass is 582 g/mol. The third kappa shape index (κ3) is 5.65. The number of aromatic nitrogens is 8. The largest absolute Gasteiger partial charge is 0.439 e. The Morgan fingerprint density at radius 3 is 2.60 bits per heavy atom. The number of fused-ring (bicyclic) bond motifs is 1. The normalized spacial score (nSPS) is 19.8. The minimum atomic E-state index is -0.648. The van der Waals surface area contributed by atoms with Gasteiger partial charge in [-0.25, -0.2) is 14.8 Å². The van der Waals surface area contributed by atoms with Crippen LogP contribution in [-0.4, -0.2) is 45.9 Å². The van der Waals surface area contributed by atoms with Crippen LogP contribution in [-0.2, 0) is 13.1 Å². The number of imidazole rings is 1. The molecule has 4 aromatic heterocycles. The second-order valence-electron chi connectivity index (χ2n) is 12.3. The average Bonchev–Trinajstić information content (AvgIpc) is 3.71. The first-order valence-corrected chi connectivity index (χ1v) is 15.4. The van der Waals surface area contributed by atoms with Crippen LogP contribution in [0.3, 0.4) is 0 Å². The first-order valence-electron chi connectivity index (χ1n) is 15.4. The van der Waals surface area contributed by atoms with Gasteiger partial charge in [-0.1, -0.05) is 61.7 Å². The van der Waals surface area contributed by atoms with Crippen molar-refractivity contribution in [2.45, 2.75) is 77.9 Å². The van der Waals surface area contributed by atoms with Crippen LogP contribution in [0.5, 0.6) is 0 Å². The van der Waals surface area contributed by atoms with Crippen molar-refractivity contribution >= 4 is 22.9 Å². The molecule has 1 unspecified atom stereocenters. The molecule has 2 aliphatic rings. The van der Waals surface area contributed by atoms with Gasteiger partial charge in [-0.05, 0) is 55.9 Å². The summed E-state index contributed by atoms with van der Waals surface area (Å²) in [5.41, 5.74) is 4.50. The number of anilines is 2. The summed E-state index contributed by atoms with van der Waals surface area (Å²) in [7, 11) is 0. The maximum Gasteiger partial charge on any atom is 0.439 e. The fourth-order valence-electron chi connectivity index (χ4n) is 6.40. The Kier molecular flexibility index (Phi) is 7.42. The van der Waals surface area contributed by atoms with Gasteiger partial charge in [-0.15, -0.1) is 0 Å². The average molecular weight is 583 g/mol. The van der Waals surface area contributed by atoms with E-state index in [4.69, 9.17) is 19.5 Å². The van der Waals surface area contributed by atoms with Crippen molar-refractivity contribution in [2.75, 3.05) is 10.6 Å². The number of benzene rings is 1. The molecule has 0 saturated heterocycles. The Hall–Kier alpha value is -4.48. The summed E-state index contributed by atoms with van der Waals surface area (Å²) in [6.07, 6.45) is 10.3. The second-order valence-corrected chi connectivity index (χ2v) is 12.3. The minimum absolute atomic E-state index is 0.183. The molecule has 4 heterocycles. The molecule has 2 aliphatic carbocycles. The molecular formula is C31H38N10O2. The van der Waals surface area contributed by atoms with Crippen molar-refractivity contribution in [1.82, 2.24) is 39.9 Å². The lowest BCUT2D eigenvalue weighted by atomic mass is 9.80. The van der Waals surface area contributed by atoms with E-state index in [0.717, 1.165) is 40.7 Å². The van der Waals surface area contributed by atoms with Crippen molar-refractivity contribution in [3.8, 4) is 22.9 Å². The van der Waals surface area contributed by atoms with Crippen LogP contribution >= 0.6 is 0 Å². The van der Waals surface area contributed by atoms with Gasteiger partial charge < -0.3 is 15.2 Å². The lowest BCUT2D eigenvalue weighted by Crippen LogP contribution is -2.31. The van der Waals surface area contributed by atoms with Gasteiger partial charge >= 0.3 is 5.76 Å². The van der Waals surface area contributed by atoms with E-state index < -0.39 is 5.76 Å². The van der Waals surface area contributed by atoms with Crippen molar-refractivity contribution in [3.63, 3.8) is 0 Å². The molecule has 7 rings (SSSR count). The van der Waals surface area contributed by atoms with Gasteiger partial charge in [0.05, 0.1) is 11.9 Å². The summed E-state index contributed by atoms with van der Waals surface area (Å²) in [6, 6.07) is 10.4. The van der Waals surface area contributed by atoms with E-state index in [1.165, 1.54) is 44.9 Å². The summed E-state index contributed by atoms with van der Waals surface area (Å²) in [4.78, 5) is 29.0. The molecule has 0 radical (unpaired) electrons. The molecule has 1 aromatic carbocycles. The smallest absolute Gasteiger partial charge is 0.365 e. The summed E-state index contributed by atoms with van der Waals surface area (Å²) in [5, 5.41) is 18.6. The highest BCUT2D eigenvalue weighted by Crippen LogP contribution is 2.36. The molecule has 12 heteroatoms. The summed E-state index contributed by atoms with van der Waals surface area (Å²) < 4.78 is 7.03. The SMILES string of the molecule is CC1CCC(Cn2c(NCc3cn[nH]c3-c3ccccc3)nc3nc(-c4noc(=O)[nH]4)nc(NC(C)C4CCC4)c32)CC1. The fourth-order valence-corrected chi connectivity index (χ4v) is 6.40. The molecule has 224 valence electrons. The fraction of sp³-hybridized carbons (Fsp3) is 0.484. The molecule has 43 heavy (non-hydrogen) atoms. The van der Waals surface area contributed by atoms with Gasteiger partial charge in [0, 0.05) is 24.7 Å². The molecule has 2 saturated carbocycles. The molecule has 0 spiro atoms. The van der Waals surface area contributed by atoms with Crippen molar-refractivity contribution < 1.29 is 4.52 Å². The van der Waals surface area contributed by atoms with Crippen LogP contribution in [0.4, 0.5) is 11.8 Å². The Morgan fingerprint density at radius 2 is 1.88 bits per heavy atom. The summed E-state index contributed by atoms with van der Waals surface area (Å²) in [5.74, 6) is 3.12. The van der Waals surface area contributed by atoms with E-state index in [1.54, 1.807) is 0 Å². The lowest BCUT2D eigenvalue weighted by Gasteiger charge is -2.32. The van der Waals surface area contributed by atoms with Gasteiger partial charge in [0.25, 0.3) is 0 Å². The van der Waals surface area contributed by atoms with E-state index in [1.807, 2.05) is 24.4 Å². The number of nitrogens with one attached hydrogen (secondary N) is 4. The maximum atomic E-state index is 11.8. The topological polar surface area (TPSA) is 155 Å². The molecule has 0 aliphatic heterocycles. The van der Waals surface area contributed by atoms with Crippen molar-refractivity contribution in [3.05, 3.63) is 52.6 Å². The molecule has 0 amide bonds. The summed E-state index contributed by atoms with van der Waals surface area (Å²) in [6.45, 7) is 5.91. The third-order valence-corrected chi connectivity index (χ3v) is 9.27. The quantitative estimate of drug-likeness (QED) is 0.165. The zero-order chi connectivity index (χ0) is 29.3. The van der Waals surface area contributed by atoms with E-state index in [9.17, 15) is 4.79 Å². The minimum Gasteiger partial charge on any atom is -0.365 e. The number of H-pyrrole nitrogens is 2. The predicted molar refractivity (Wildman–Crippen MR) is 164 cm³/mol. The van der Waals surface area contributed by atoms with Crippen LogP contribution in [0.2, 0.25) is 0 Å². The molecule has 0 bridgehead atoms. The maximum absolute atomic E-state index is 11.8. The first kappa shape index (κ1) is 27.4. The molecule has 1 atom stereocenters. The summed E-state index contributed by atoms with van der Waals surface area (Å²) >= 11 is 0. The van der Waals surface area contributed by atoms with Gasteiger partial charge in [0.2, 0.25) is 17.6 Å². The Bertz CT molecular complexity index is 1740. The van der Waals surface area contributed by atoms with Gasteiger partial charge in [-0.2, -0.15) is 10.1 Å². The van der Waals surface area contributed by atoms with Crippen LogP contribution in [0.25, 0.3) is 34.1 Å². The predicted octanol–water partition coefficient (Wildman–Crippen LogP) is 5.60. The standard InChI is InChI=1S/C31H38N10O2/c1-18-11-13-20(14-12-18)17-41-25-26(34-19(2)21-9-6-10-21)35-28(29-38-31(42)43-40-29)36-27(25)37-30(41)32-15-23-16-33-39-24(23)22-7-4-3-5-8-22/h3-5,7-8,16,18-21H,6,9-15,17H2,1-2H3,(H,33,39)(H,38,40,42)(H2,32,34,35,36,37). The number of nitrogens with zero attached hydrogens (tertiary/aromatic N) is 6. The van der Waals surface area contributed by atoms with Crippen LogP contribution in [0.1, 0.15) is 64.4 Å². The Balaban J connectivity index is 1.29. The highest BCUT2D eigenvalue weighted by molar-refractivity contribution is 5.87. The van der Waals surface area contributed by atoms with E-state index >= 15 is 0 Å². The highest BCUT2D eigenvalue weighted by atomic mass is 16.5. The van der Waals surface area contributed by atoms with E-state index in [0.29, 0.717) is 29.8 Å². The second kappa shape index (κ2) is 11.7. The molecular weight excluding hydrogens is 544 g/mol. The van der Waals surface area contributed by atoms with Crippen LogP contribution in [0, 0.1) is 17.8 Å². The van der Waals surface area contributed by atoms with Crippen LogP contribution in [0.15, 0.2) is 45.8 Å². The molecule has 5 aromatic rings. The van der Waals surface area contributed by atoms with E-state index in [2.05, 4.69) is 61.5 Å². The van der Waals surface area contributed by atoms with Crippen LogP contribution < -0.4 is 16.4 Å². The molecule has 2 fully saturated rings. The number of hydrogen-bond donors (Lipinski definition) is 4. The lowest BCUT2D eigenvalue weighted by molar-refractivity contribution is 0.267. The molecule has 12 nitrogen and oxygen atoms in total. The van der Waals surface area contributed by atoms with E-state index in [-0.39, 0.29) is 17.7 Å². The Labute approximate surface area is 249 Å². The molecule has 4 N–H and O–H groups in total. The highest BCUT2D eigenvalue weighted by Gasteiger charge is 2.28. The number of aromatic amines is 2. The van der Waals surface area contributed by atoms with Crippen molar-refractivity contribution in [1.29, 1.82) is 0 Å². The van der Waals surface area contributed by atoms with Gasteiger partial charge in [0.15, 0.2) is 11.5 Å². The first-order chi connectivity index (χ1) is 21.0. The van der Waals surface area contributed by atoms with Gasteiger partial charge in [-0.3, -0.25) is 14.6 Å². The zero-order valence-electron chi connectivity index (χ0n) is 24.6. The zero-order valence-corrected chi connectivity index (χ0v) is 24.6.